The van der Waals surface area contributed by atoms with Crippen LogP contribution in [0.5, 0.6) is 11.6 Å². The number of aromatic nitrogens is 2. The molecule has 0 unspecified atom stereocenters. The molecule has 0 aliphatic rings. The number of nitrogens with one attached hydrogen (secondary N) is 2. The van der Waals surface area contributed by atoms with Crippen LogP contribution in [0.1, 0.15) is 23.0 Å². The quantitative estimate of drug-likeness (QED) is 0.846. The van der Waals surface area contributed by atoms with E-state index in [9.17, 15) is 4.79 Å². The number of rotatable bonds is 6. The molecule has 6 nitrogen and oxygen atoms in total. The van der Waals surface area contributed by atoms with E-state index in [1.54, 1.807) is 12.1 Å². The SMILES string of the molecule is CCNC(=O)c1ccc(Oc2ccc(CNC)cc2)nn1. The molecule has 0 bridgehead atoms. The highest BCUT2D eigenvalue weighted by Crippen LogP contribution is 2.19. The van der Waals surface area contributed by atoms with E-state index in [-0.39, 0.29) is 11.6 Å². The first-order valence-corrected chi connectivity index (χ1v) is 6.76. The Morgan fingerprint density at radius 3 is 2.48 bits per heavy atom. The second-order valence-electron chi connectivity index (χ2n) is 4.39. The summed E-state index contributed by atoms with van der Waals surface area (Å²) in [5.74, 6) is 0.785. The molecule has 0 aliphatic heterocycles. The summed E-state index contributed by atoms with van der Waals surface area (Å²) in [7, 11) is 1.90. The summed E-state index contributed by atoms with van der Waals surface area (Å²) in [6.07, 6.45) is 0. The van der Waals surface area contributed by atoms with Gasteiger partial charge in [0.1, 0.15) is 5.75 Å². The molecule has 1 heterocycles. The summed E-state index contributed by atoms with van der Waals surface area (Å²) in [4.78, 5) is 11.6. The van der Waals surface area contributed by atoms with Gasteiger partial charge >= 0.3 is 0 Å². The number of benzene rings is 1. The molecule has 0 atom stereocenters. The fourth-order valence-corrected chi connectivity index (χ4v) is 1.75. The van der Waals surface area contributed by atoms with Gasteiger partial charge in [0.05, 0.1) is 0 Å². The summed E-state index contributed by atoms with van der Waals surface area (Å²) < 4.78 is 5.58. The lowest BCUT2D eigenvalue weighted by Gasteiger charge is -2.06. The number of ether oxygens (including phenoxy) is 1. The molecule has 2 rings (SSSR count). The van der Waals surface area contributed by atoms with Crippen LogP contribution in [-0.2, 0) is 6.54 Å². The maximum atomic E-state index is 11.6. The average molecular weight is 286 g/mol. The van der Waals surface area contributed by atoms with Gasteiger partial charge in [0, 0.05) is 19.2 Å². The Kier molecular flexibility index (Phi) is 5.22. The van der Waals surface area contributed by atoms with Gasteiger partial charge in [0.25, 0.3) is 5.91 Å². The summed E-state index contributed by atoms with van der Waals surface area (Å²) >= 11 is 0. The Labute approximate surface area is 123 Å². The highest BCUT2D eigenvalue weighted by Gasteiger charge is 2.07. The van der Waals surface area contributed by atoms with Crippen LogP contribution in [0.3, 0.4) is 0 Å². The summed E-state index contributed by atoms with van der Waals surface area (Å²) in [5, 5.41) is 13.5. The van der Waals surface area contributed by atoms with E-state index in [1.807, 2.05) is 38.2 Å². The molecule has 0 aliphatic carbocycles. The third-order valence-corrected chi connectivity index (χ3v) is 2.74. The zero-order valence-corrected chi connectivity index (χ0v) is 12.1. The lowest BCUT2D eigenvalue weighted by Crippen LogP contribution is -2.23. The van der Waals surface area contributed by atoms with Crippen molar-refractivity contribution in [2.45, 2.75) is 13.5 Å². The second-order valence-corrected chi connectivity index (χ2v) is 4.39. The van der Waals surface area contributed by atoms with E-state index in [4.69, 9.17) is 4.74 Å². The second kappa shape index (κ2) is 7.35. The number of hydrogen-bond donors (Lipinski definition) is 2. The van der Waals surface area contributed by atoms with Crippen molar-refractivity contribution in [2.75, 3.05) is 13.6 Å². The van der Waals surface area contributed by atoms with Gasteiger partial charge < -0.3 is 15.4 Å². The molecule has 2 N–H and O–H groups in total. The van der Waals surface area contributed by atoms with Crippen LogP contribution in [-0.4, -0.2) is 29.7 Å². The Hall–Kier alpha value is -2.47. The highest BCUT2D eigenvalue weighted by molar-refractivity contribution is 5.91. The molecule has 6 heteroatoms. The first kappa shape index (κ1) is 14.9. The van der Waals surface area contributed by atoms with E-state index in [2.05, 4.69) is 20.8 Å². The van der Waals surface area contributed by atoms with Crippen molar-refractivity contribution >= 4 is 5.91 Å². The van der Waals surface area contributed by atoms with Crippen molar-refractivity contribution in [3.63, 3.8) is 0 Å². The Morgan fingerprint density at radius 1 is 1.14 bits per heavy atom. The van der Waals surface area contributed by atoms with Crippen LogP contribution in [0, 0.1) is 0 Å². The first-order valence-electron chi connectivity index (χ1n) is 6.76. The van der Waals surface area contributed by atoms with Gasteiger partial charge in [-0.2, -0.15) is 0 Å². The van der Waals surface area contributed by atoms with Crippen LogP contribution in [0.25, 0.3) is 0 Å². The molecule has 1 aromatic heterocycles. The highest BCUT2D eigenvalue weighted by atomic mass is 16.5. The number of carbonyl (C=O) groups is 1. The molecular formula is C15H18N4O2. The van der Waals surface area contributed by atoms with Crippen molar-refractivity contribution < 1.29 is 9.53 Å². The van der Waals surface area contributed by atoms with E-state index in [1.165, 1.54) is 5.56 Å². The normalized spacial score (nSPS) is 10.2. The van der Waals surface area contributed by atoms with Crippen LogP contribution in [0.15, 0.2) is 36.4 Å². The largest absolute Gasteiger partial charge is 0.438 e. The molecule has 21 heavy (non-hydrogen) atoms. The van der Waals surface area contributed by atoms with Crippen molar-refractivity contribution in [1.82, 2.24) is 20.8 Å². The first-order chi connectivity index (χ1) is 10.2. The maximum absolute atomic E-state index is 11.6. The third kappa shape index (κ3) is 4.25. The van der Waals surface area contributed by atoms with Crippen molar-refractivity contribution in [2.24, 2.45) is 0 Å². The van der Waals surface area contributed by atoms with Gasteiger partial charge in [-0.15, -0.1) is 10.2 Å². The topological polar surface area (TPSA) is 76.1 Å². The molecular weight excluding hydrogens is 268 g/mol. The number of amides is 1. The summed E-state index contributed by atoms with van der Waals surface area (Å²) in [5.41, 5.74) is 1.44. The van der Waals surface area contributed by atoms with E-state index in [0.717, 1.165) is 6.54 Å². The fraction of sp³-hybridized carbons (Fsp3) is 0.267. The Morgan fingerprint density at radius 2 is 1.90 bits per heavy atom. The Balaban J connectivity index is 2.01. The van der Waals surface area contributed by atoms with E-state index in [0.29, 0.717) is 18.2 Å². The molecule has 0 fully saturated rings. The molecule has 2 aromatic rings. The van der Waals surface area contributed by atoms with Crippen molar-refractivity contribution in [3.8, 4) is 11.6 Å². The molecule has 1 amide bonds. The predicted octanol–water partition coefficient (Wildman–Crippen LogP) is 1.74. The van der Waals surface area contributed by atoms with Crippen LogP contribution < -0.4 is 15.4 Å². The van der Waals surface area contributed by atoms with Crippen molar-refractivity contribution in [1.29, 1.82) is 0 Å². The summed E-state index contributed by atoms with van der Waals surface area (Å²) in [6.45, 7) is 3.21. The fourth-order valence-electron chi connectivity index (χ4n) is 1.75. The lowest BCUT2D eigenvalue weighted by molar-refractivity contribution is 0.0949. The number of carbonyl (C=O) groups excluding carboxylic acids is 1. The van der Waals surface area contributed by atoms with Gasteiger partial charge in [-0.3, -0.25) is 4.79 Å². The minimum atomic E-state index is -0.243. The van der Waals surface area contributed by atoms with Gasteiger partial charge in [0.2, 0.25) is 5.88 Å². The standard InChI is InChI=1S/C15H18N4O2/c1-3-17-15(20)13-8-9-14(19-18-13)21-12-6-4-11(5-7-12)10-16-2/h4-9,16H,3,10H2,1-2H3,(H,17,20). The van der Waals surface area contributed by atoms with E-state index < -0.39 is 0 Å². The zero-order chi connectivity index (χ0) is 15.1. The van der Waals surface area contributed by atoms with Crippen LogP contribution in [0.2, 0.25) is 0 Å². The average Bonchev–Trinajstić information content (AvgIpc) is 2.50. The smallest absolute Gasteiger partial charge is 0.271 e. The van der Waals surface area contributed by atoms with Gasteiger partial charge in [-0.05, 0) is 37.7 Å². The number of nitrogens with zero attached hydrogens (tertiary/aromatic N) is 2. The van der Waals surface area contributed by atoms with Crippen LogP contribution in [0.4, 0.5) is 0 Å². The molecule has 0 saturated carbocycles. The van der Waals surface area contributed by atoms with Gasteiger partial charge in [-0.1, -0.05) is 12.1 Å². The maximum Gasteiger partial charge on any atom is 0.271 e. The van der Waals surface area contributed by atoms with Crippen molar-refractivity contribution in [3.05, 3.63) is 47.7 Å². The Bertz CT molecular complexity index is 582. The monoisotopic (exact) mass is 286 g/mol. The number of hydrogen-bond acceptors (Lipinski definition) is 5. The van der Waals surface area contributed by atoms with Gasteiger partial charge in [-0.25, -0.2) is 0 Å². The molecule has 0 radical (unpaired) electrons. The molecule has 0 spiro atoms. The lowest BCUT2D eigenvalue weighted by atomic mass is 10.2. The molecule has 110 valence electrons. The van der Waals surface area contributed by atoms with Crippen LogP contribution >= 0.6 is 0 Å². The zero-order valence-electron chi connectivity index (χ0n) is 12.1. The minimum Gasteiger partial charge on any atom is -0.438 e. The van der Waals surface area contributed by atoms with E-state index >= 15 is 0 Å². The molecule has 1 aromatic carbocycles. The van der Waals surface area contributed by atoms with Gasteiger partial charge in [0.15, 0.2) is 5.69 Å². The molecule has 0 saturated heterocycles. The summed E-state index contributed by atoms with van der Waals surface area (Å²) in [6, 6.07) is 10.9. The minimum absolute atomic E-state index is 0.243. The predicted molar refractivity (Wildman–Crippen MR) is 79.3 cm³/mol. The third-order valence-electron chi connectivity index (χ3n) is 2.74.